The Morgan fingerprint density at radius 2 is 2.33 bits per heavy atom. The van der Waals surface area contributed by atoms with Crippen molar-refractivity contribution in [3.8, 4) is 6.07 Å². The highest BCUT2D eigenvalue weighted by atomic mass is 35.5. The molecule has 2 aliphatic heterocycles. The minimum atomic E-state index is -0.529. The van der Waals surface area contributed by atoms with Gasteiger partial charge in [0.1, 0.15) is 0 Å². The molecule has 15 heavy (non-hydrogen) atoms. The fraction of sp³-hybridized carbons (Fsp3) is 0.900. The van der Waals surface area contributed by atoms with Gasteiger partial charge in [0.2, 0.25) is 0 Å². The van der Waals surface area contributed by atoms with Gasteiger partial charge in [-0.15, -0.1) is 11.6 Å². The standard InChI is InChI=1S/C10H16ClN3O/c11-10(3-8(4-15)14-7-10)9(5-12)1-2-13-6-9/h8,13-15H,1-4,6-7H2. The average molecular weight is 230 g/mol. The number of nitriles is 1. The molecule has 2 aliphatic rings. The summed E-state index contributed by atoms with van der Waals surface area (Å²) in [5, 5.41) is 24.8. The minimum Gasteiger partial charge on any atom is -0.395 e. The van der Waals surface area contributed by atoms with Gasteiger partial charge in [0.15, 0.2) is 0 Å². The van der Waals surface area contributed by atoms with Gasteiger partial charge in [-0.05, 0) is 19.4 Å². The second kappa shape index (κ2) is 3.91. The van der Waals surface area contributed by atoms with Crippen molar-refractivity contribution in [2.75, 3.05) is 26.2 Å². The first-order valence-corrected chi connectivity index (χ1v) is 5.69. The van der Waals surface area contributed by atoms with Crippen LogP contribution < -0.4 is 10.6 Å². The molecule has 0 aliphatic carbocycles. The zero-order chi connectivity index (χ0) is 10.9. The Morgan fingerprint density at radius 3 is 2.80 bits per heavy atom. The number of hydrogen-bond donors (Lipinski definition) is 3. The minimum absolute atomic E-state index is 0.0355. The lowest BCUT2D eigenvalue weighted by Crippen LogP contribution is -2.46. The number of nitrogens with one attached hydrogen (secondary N) is 2. The summed E-state index contributed by atoms with van der Waals surface area (Å²) in [4.78, 5) is -0.529. The molecule has 3 atom stereocenters. The molecule has 0 saturated carbocycles. The van der Waals surface area contributed by atoms with Gasteiger partial charge in [-0.2, -0.15) is 5.26 Å². The number of nitrogens with zero attached hydrogens (tertiary/aromatic N) is 1. The summed E-state index contributed by atoms with van der Waals surface area (Å²) in [6, 6.07) is 2.42. The molecule has 2 saturated heterocycles. The predicted octanol–water partition coefficient (Wildman–Crippen LogP) is -0.179. The van der Waals surface area contributed by atoms with Crippen LogP contribution in [0.25, 0.3) is 0 Å². The molecular weight excluding hydrogens is 214 g/mol. The first-order valence-electron chi connectivity index (χ1n) is 5.31. The van der Waals surface area contributed by atoms with Crippen molar-refractivity contribution < 1.29 is 5.11 Å². The molecule has 0 aromatic heterocycles. The van der Waals surface area contributed by atoms with Crippen LogP contribution in [0.4, 0.5) is 0 Å². The van der Waals surface area contributed by atoms with Crippen LogP contribution in [-0.4, -0.2) is 42.3 Å². The van der Waals surface area contributed by atoms with Gasteiger partial charge in [-0.1, -0.05) is 0 Å². The molecule has 5 heteroatoms. The van der Waals surface area contributed by atoms with E-state index in [-0.39, 0.29) is 12.6 Å². The van der Waals surface area contributed by atoms with Crippen molar-refractivity contribution in [1.82, 2.24) is 10.6 Å². The zero-order valence-electron chi connectivity index (χ0n) is 8.59. The Morgan fingerprint density at radius 1 is 1.53 bits per heavy atom. The second-order valence-electron chi connectivity index (χ2n) is 4.55. The maximum Gasteiger partial charge on any atom is 0.0913 e. The Hall–Kier alpha value is -0.340. The second-order valence-corrected chi connectivity index (χ2v) is 5.27. The van der Waals surface area contributed by atoms with Gasteiger partial charge in [0, 0.05) is 19.1 Å². The summed E-state index contributed by atoms with van der Waals surface area (Å²) in [6.07, 6.45) is 1.47. The van der Waals surface area contributed by atoms with Gasteiger partial charge < -0.3 is 15.7 Å². The topological polar surface area (TPSA) is 68.1 Å². The van der Waals surface area contributed by atoms with Gasteiger partial charge in [-0.3, -0.25) is 0 Å². The van der Waals surface area contributed by atoms with Crippen molar-refractivity contribution in [2.45, 2.75) is 23.8 Å². The fourth-order valence-electron chi connectivity index (χ4n) is 2.60. The summed E-state index contributed by atoms with van der Waals surface area (Å²) in [7, 11) is 0. The molecule has 0 bridgehead atoms. The van der Waals surface area contributed by atoms with Crippen LogP contribution in [0.5, 0.6) is 0 Å². The molecule has 0 spiro atoms. The number of aliphatic hydroxyl groups excluding tert-OH is 1. The van der Waals surface area contributed by atoms with Gasteiger partial charge in [-0.25, -0.2) is 0 Å². The lowest BCUT2D eigenvalue weighted by Gasteiger charge is -2.35. The van der Waals surface area contributed by atoms with Crippen LogP contribution in [0.15, 0.2) is 0 Å². The molecule has 3 N–H and O–H groups in total. The van der Waals surface area contributed by atoms with Crippen LogP contribution in [0.3, 0.4) is 0 Å². The van der Waals surface area contributed by atoms with Crippen molar-refractivity contribution in [3.05, 3.63) is 0 Å². The Balaban J connectivity index is 2.18. The highest BCUT2D eigenvalue weighted by Crippen LogP contribution is 2.46. The van der Waals surface area contributed by atoms with E-state index in [2.05, 4.69) is 16.7 Å². The van der Waals surface area contributed by atoms with Crippen molar-refractivity contribution in [1.29, 1.82) is 5.26 Å². The molecule has 3 unspecified atom stereocenters. The van der Waals surface area contributed by atoms with E-state index < -0.39 is 10.3 Å². The lowest BCUT2D eigenvalue weighted by molar-refractivity contribution is 0.245. The average Bonchev–Trinajstić information content (AvgIpc) is 2.85. The first-order chi connectivity index (χ1) is 7.16. The molecule has 0 aromatic rings. The van der Waals surface area contributed by atoms with E-state index in [9.17, 15) is 5.26 Å². The number of alkyl halides is 1. The van der Waals surface area contributed by atoms with Crippen LogP contribution in [0.2, 0.25) is 0 Å². The third-order valence-corrected chi connectivity index (χ3v) is 4.34. The summed E-state index contributed by atoms with van der Waals surface area (Å²) in [5.74, 6) is 0. The van der Waals surface area contributed by atoms with Crippen LogP contribution in [-0.2, 0) is 0 Å². The van der Waals surface area contributed by atoms with Crippen LogP contribution in [0.1, 0.15) is 12.8 Å². The number of rotatable bonds is 2. The van der Waals surface area contributed by atoms with Gasteiger partial charge >= 0.3 is 0 Å². The number of halogens is 1. The summed E-state index contributed by atoms with van der Waals surface area (Å²) < 4.78 is 0. The highest BCUT2D eigenvalue weighted by Gasteiger charge is 2.55. The lowest BCUT2D eigenvalue weighted by atomic mass is 9.74. The summed E-state index contributed by atoms with van der Waals surface area (Å²) in [6.45, 7) is 2.21. The molecule has 0 amide bonds. The largest absolute Gasteiger partial charge is 0.395 e. The maximum absolute atomic E-state index is 9.34. The van der Waals surface area contributed by atoms with E-state index in [0.29, 0.717) is 19.5 Å². The normalized spacial score (nSPS) is 45.5. The molecule has 4 nitrogen and oxygen atoms in total. The maximum atomic E-state index is 9.34. The molecule has 2 fully saturated rings. The fourth-order valence-corrected chi connectivity index (χ4v) is 3.07. The van der Waals surface area contributed by atoms with E-state index in [0.717, 1.165) is 13.0 Å². The van der Waals surface area contributed by atoms with E-state index in [4.69, 9.17) is 16.7 Å². The van der Waals surface area contributed by atoms with Crippen molar-refractivity contribution in [3.63, 3.8) is 0 Å². The van der Waals surface area contributed by atoms with Crippen molar-refractivity contribution in [2.24, 2.45) is 5.41 Å². The SMILES string of the molecule is N#CC1(C2(Cl)CNC(CO)C2)CCNC1. The molecule has 0 radical (unpaired) electrons. The molecule has 84 valence electrons. The van der Waals surface area contributed by atoms with E-state index in [1.165, 1.54) is 0 Å². The van der Waals surface area contributed by atoms with E-state index in [1.54, 1.807) is 0 Å². The highest BCUT2D eigenvalue weighted by molar-refractivity contribution is 6.25. The molecule has 0 aromatic carbocycles. The van der Waals surface area contributed by atoms with Crippen molar-refractivity contribution >= 4 is 11.6 Å². The van der Waals surface area contributed by atoms with E-state index >= 15 is 0 Å². The first kappa shape index (κ1) is 11.2. The Kier molecular flexibility index (Phi) is 2.91. The Labute approximate surface area is 94.6 Å². The smallest absolute Gasteiger partial charge is 0.0913 e. The number of aliphatic hydroxyl groups is 1. The third kappa shape index (κ3) is 1.64. The van der Waals surface area contributed by atoms with Crippen LogP contribution >= 0.6 is 11.6 Å². The van der Waals surface area contributed by atoms with Gasteiger partial charge in [0.05, 0.1) is 23.0 Å². The summed E-state index contributed by atoms with van der Waals surface area (Å²) >= 11 is 6.57. The predicted molar refractivity (Wildman–Crippen MR) is 57.6 cm³/mol. The number of hydrogen-bond acceptors (Lipinski definition) is 4. The van der Waals surface area contributed by atoms with E-state index in [1.807, 2.05) is 0 Å². The molecular formula is C10H16ClN3O. The summed E-state index contributed by atoms with van der Waals surface area (Å²) in [5.41, 5.74) is -0.481. The quantitative estimate of drug-likeness (QED) is 0.575. The molecule has 2 rings (SSSR count). The van der Waals surface area contributed by atoms with Gasteiger partial charge in [0.25, 0.3) is 0 Å². The Bertz CT molecular complexity index is 285. The van der Waals surface area contributed by atoms with Crippen LogP contribution in [0, 0.1) is 16.7 Å². The zero-order valence-corrected chi connectivity index (χ0v) is 9.35. The third-order valence-electron chi connectivity index (χ3n) is 3.69. The monoisotopic (exact) mass is 229 g/mol. The molecule has 2 heterocycles.